The predicted molar refractivity (Wildman–Crippen MR) is 131 cm³/mol. The quantitative estimate of drug-likeness (QED) is 0.431. The lowest BCUT2D eigenvalue weighted by atomic mass is 9.76. The van der Waals surface area contributed by atoms with Gasteiger partial charge in [0.25, 0.3) is 0 Å². The average Bonchev–Trinajstić information content (AvgIpc) is 3.13. The number of alkyl halides is 4. The molecule has 6 nitrogen and oxygen atoms in total. The van der Waals surface area contributed by atoms with Gasteiger partial charge in [-0.25, -0.2) is 9.37 Å². The molecule has 2 aromatic rings. The number of pyridine rings is 1. The molecule has 1 aliphatic heterocycles. The summed E-state index contributed by atoms with van der Waals surface area (Å²) < 4.78 is 60.7. The number of aromatic nitrogens is 3. The summed E-state index contributed by atoms with van der Waals surface area (Å²) in [5, 5.41) is 4.10. The summed E-state index contributed by atoms with van der Waals surface area (Å²) in [6, 6.07) is 3.28. The van der Waals surface area contributed by atoms with Crippen molar-refractivity contribution < 1.29 is 27.1 Å². The number of ether oxygens (including phenoxy) is 1. The van der Waals surface area contributed by atoms with E-state index in [0.717, 1.165) is 49.6 Å². The van der Waals surface area contributed by atoms with E-state index in [0.29, 0.717) is 51.6 Å². The maximum Gasteiger partial charge on any atom is 0.425 e. The molecule has 0 N–H and O–H groups in total. The molecule has 1 aliphatic carbocycles. The van der Waals surface area contributed by atoms with Crippen LogP contribution < -0.4 is 4.74 Å². The summed E-state index contributed by atoms with van der Waals surface area (Å²) in [6.07, 6.45) is 2.24. The van der Waals surface area contributed by atoms with Crippen molar-refractivity contribution in [3.8, 4) is 5.88 Å². The molecule has 0 bridgehead atoms. The number of hydrogen-bond acceptors (Lipinski definition) is 5. The molecule has 0 spiro atoms. The van der Waals surface area contributed by atoms with E-state index in [1.165, 1.54) is 6.07 Å². The van der Waals surface area contributed by atoms with Crippen molar-refractivity contribution in [2.24, 2.45) is 13.0 Å². The highest BCUT2D eigenvalue weighted by Gasteiger charge is 2.38. The molecule has 3 heterocycles. The van der Waals surface area contributed by atoms with Crippen LogP contribution in [0.1, 0.15) is 62.3 Å². The van der Waals surface area contributed by atoms with Crippen LogP contribution in [0.25, 0.3) is 0 Å². The van der Waals surface area contributed by atoms with Gasteiger partial charge in [0.1, 0.15) is 11.5 Å². The number of nitrogens with zero attached hydrogens (tertiary/aromatic N) is 4. The number of ketones is 1. The van der Waals surface area contributed by atoms with Gasteiger partial charge < -0.3 is 9.64 Å². The molecule has 2 aromatic heterocycles. The van der Waals surface area contributed by atoms with Crippen LogP contribution in [0.2, 0.25) is 0 Å². The van der Waals surface area contributed by atoms with Gasteiger partial charge in [-0.05, 0) is 62.5 Å². The average molecular weight is 525 g/mol. The van der Waals surface area contributed by atoms with Crippen molar-refractivity contribution in [2.45, 2.75) is 82.7 Å². The summed E-state index contributed by atoms with van der Waals surface area (Å²) in [5.74, 6) is 0.405. The van der Waals surface area contributed by atoms with Crippen LogP contribution in [0, 0.1) is 5.92 Å². The summed E-state index contributed by atoms with van der Waals surface area (Å²) in [6.45, 7) is 3.04. The minimum Gasteiger partial charge on any atom is -0.465 e. The van der Waals surface area contributed by atoms with E-state index in [-0.39, 0.29) is 17.6 Å². The van der Waals surface area contributed by atoms with E-state index >= 15 is 4.39 Å². The van der Waals surface area contributed by atoms with Crippen LogP contribution in [-0.2, 0) is 31.1 Å². The van der Waals surface area contributed by atoms with Gasteiger partial charge in [-0.2, -0.15) is 18.3 Å². The first-order valence-corrected chi connectivity index (χ1v) is 13.1. The van der Waals surface area contributed by atoms with E-state index in [9.17, 15) is 18.0 Å². The summed E-state index contributed by atoms with van der Waals surface area (Å²) in [5.41, 5.74) is 1.45. The van der Waals surface area contributed by atoms with Gasteiger partial charge in [-0.3, -0.25) is 9.48 Å². The smallest absolute Gasteiger partial charge is 0.425 e. The molecule has 0 saturated heterocycles. The number of carbonyl (C=O) groups excluding carboxylic acids is 1. The third-order valence-electron chi connectivity index (χ3n) is 7.72. The Morgan fingerprint density at radius 1 is 1.22 bits per heavy atom. The first-order chi connectivity index (χ1) is 17.5. The van der Waals surface area contributed by atoms with Crippen LogP contribution in [0.3, 0.4) is 0 Å². The predicted octanol–water partition coefficient (Wildman–Crippen LogP) is 5.04. The molecular weight excluding hydrogens is 488 g/mol. The highest BCUT2D eigenvalue weighted by molar-refractivity contribution is 5.80. The van der Waals surface area contributed by atoms with E-state index in [4.69, 9.17) is 4.74 Å². The van der Waals surface area contributed by atoms with Crippen LogP contribution in [0.5, 0.6) is 5.88 Å². The Morgan fingerprint density at radius 2 is 1.95 bits per heavy atom. The largest absolute Gasteiger partial charge is 0.465 e. The summed E-state index contributed by atoms with van der Waals surface area (Å²) in [7, 11) is 1.82. The zero-order valence-electron chi connectivity index (χ0n) is 21.6. The monoisotopic (exact) mass is 524 g/mol. The summed E-state index contributed by atoms with van der Waals surface area (Å²) in [4.78, 5) is 19.0. The molecule has 1 saturated carbocycles. The lowest BCUT2D eigenvalue weighted by Gasteiger charge is -2.35. The standard InChI is InChI=1S/C27H36F4N4O2/c1-19(27(29,30)31)37-25-4-3-22-7-12-35(13-8-24(22)33-25)14-11-26(28)9-5-20(6-10-26)15-23(36)16-21-17-32-34(2)18-21/h3-4,17-20H,5-16H2,1-2H3/t19-,20?,26?/m1/s1. The van der Waals surface area contributed by atoms with Gasteiger partial charge in [0, 0.05) is 63.9 Å². The Bertz CT molecular complexity index is 1060. The van der Waals surface area contributed by atoms with Gasteiger partial charge in [0.05, 0.1) is 6.20 Å². The Morgan fingerprint density at radius 3 is 2.62 bits per heavy atom. The second-order valence-electron chi connectivity index (χ2n) is 10.7. The maximum atomic E-state index is 15.6. The molecule has 1 atom stereocenters. The molecule has 0 amide bonds. The molecule has 37 heavy (non-hydrogen) atoms. The number of hydrogen-bond donors (Lipinski definition) is 0. The first-order valence-electron chi connectivity index (χ1n) is 13.1. The fourth-order valence-electron chi connectivity index (χ4n) is 5.34. The van der Waals surface area contributed by atoms with Gasteiger partial charge in [-0.15, -0.1) is 0 Å². The topological polar surface area (TPSA) is 60.2 Å². The highest BCUT2D eigenvalue weighted by atomic mass is 19.4. The normalized spacial score (nSPS) is 23.8. The molecule has 0 aromatic carbocycles. The van der Waals surface area contributed by atoms with E-state index in [2.05, 4.69) is 15.0 Å². The lowest BCUT2D eigenvalue weighted by molar-refractivity contribution is -0.190. The third-order valence-corrected chi connectivity index (χ3v) is 7.72. The number of rotatable bonds is 9. The fraction of sp³-hybridized carbons (Fsp3) is 0.667. The van der Waals surface area contributed by atoms with Crippen LogP contribution >= 0.6 is 0 Å². The molecule has 2 aliphatic rings. The number of aryl methyl sites for hydroxylation is 1. The zero-order valence-corrected chi connectivity index (χ0v) is 21.6. The number of Topliss-reactive ketones (excluding diaryl/α,β-unsaturated/α-hetero) is 1. The number of fused-ring (bicyclic) bond motifs is 1. The Hall–Kier alpha value is -2.49. The Balaban J connectivity index is 1.21. The zero-order chi connectivity index (χ0) is 26.6. The second-order valence-corrected chi connectivity index (χ2v) is 10.7. The van der Waals surface area contributed by atoms with Crippen LogP contribution in [0.4, 0.5) is 17.6 Å². The first kappa shape index (κ1) is 27.5. The van der Waals surface area contributed by atoms with Crippen LogP contribution in [0.15, 0.2) is 24.5 Å². The summed E-state index contributed by atoms with van der Waals surface area (Å²) >= 11 is 0. The number of carbonyl (C=O) groups is 1. The highest BCUT2D eigenvalue weighted by Crippen LogP contribution is 2.39. The SMILES string of the molecule is C[C@@H](Oc1ccc2c(n1)CCN(CCC1(F)CCC(CC(=O)Cc3cnn(C)c3)CC1)CC2)C(F)(F)F. The molecule has 0 radical (unpaired) electrons. The van der Waals surface area contributed by atoms with Crippen molar-refractivity contribution in [3.63, 3.8) is 0 Å². The van der Waals surface area contributed by atoms with Crippen molar-refractivity contribution in [1.29, 1.82) is 0 Å². The van der Waals surface area contributed by atoms with E-state index in [1.807, 2.05) is 13.2 Å². The van der Waals surface area contributed by atoms with Crippen molar-refractivity contribution >= 4 is 5.78 Å². The van der Waals surface area contributed by atoms with E-state index in [1.54, 1.807) is 16.9 Å². The van der Waals surface area contributed by atoms with E-state index < -0.39 is 17.9 Å². The van der Waals surface area contributed by atoms with Crippen LogP contribution in [-0.4, -0.2) is 63.0 Å². The van der Waals surface area contributed by atoms with Gasteiger partial charge in [0.15, 0.2) is 6.10 Å². The molecule has 4 rings (SSSR count). The molecule has 1 fully saturated rings. The minimum atomic E-state index is -4.44. The fourth-order valence-corrected chi connectivity index (χ4v) is 5.34. The second kappa shape index (κ2) is 11.5. The molecular formula is C27H36F4N4O2. The maximum absolute atomic E-state index is 15.6. The molecule has 204 valence electrons. The van der Waals surface area contributed by atoms with Gasteiger partial charge in [-0.1, -0.05) is 6.07 Å². The van der Waals surface area contributed by atoms with Crippen molar-refractivity contribution in [1.82, 2.24) is 19.7 Å². The lowest BCUT2D eigenvalue weighted by Crippen LogP contribution is -2.36. The van der Waals surface area contributed by atoms with Crippen molar-refractivity contribution in [3.05, 3.63) is 41.3 Å². The minimum absolute atomic E-state index is 0.0181. The molecule has 10 heteroatoms. The van der Waals surface area contributed by atoms with Gasteiger partial charge >= 0.3 is 6.18 Å². The third kappa shape index (κ3) is 7.75. The Kier molecular flexibility index (Phi) is 8.56. The van der Waals surface area contributed by atoms with Gasteiger partial charge in [0.2, 0.25) is 5.88 Å². The molecule has 0 unspecified atom stereocenters. The number of halogens is 4. The van der Waals surface area contributed by atoms with Crippen molar-refractivity contribution in [2.75, 3.05) is 19.6 Å². The Labute approximate surface area is 215 Å².